The van der Waals surface area contributed by atoms with Crippen LogP contribution in [0.3, 0.4) is 0 Å². The maximum atomic E-state index is 13.2. The van der Waals surface area contributed by atoms with Crippen molar-refractivity contribution in [2.24, 2.45) is 0 Å². The van der Waals surface area contributed by atoms with Gasteiger partial charge in [-0.1, -0.05) is 17.7 Å². The fraction of sp³-hybridized carbons (Fsp3) is 0. The molecule has 0 saturated heterocycles. The van der Waals surface area contributed by atoms with Gasteiger partial charge in [-0.2, -0.15) is 0 Å². The summed E-state index contributed by atoms with van der Waals surface area (Å²) in [6.45, 7) is 0. The molecular formula is C22H12ClFO4. The lowest BCUT2D eigenvalue weighted by molar-refractivity contribution is 0.0696. The van der Waals surface area contributed by atoms with Crippen molar-refractivity contribution in [3.63, 3.8) is 0 Å². The molecule has 0 spiro atoms. The van der Waals surface area contributed by atoms with Crippen LogP contribution in [0.5, 0.6) is 0 Å². The van der Waals surface area contributed by atoms with E-state index in [9.17, 15) is 19.1 Å². The number of benzene rings is 3. The number of carboxylic acid groups (broad SMARTS) is 1. The van der Waals surface area contributed by atoms with Crippen LogP contribution in [-0.2, 0) is 0 Å². The first-order chi connectivity index (χ1) is 13.5. The maximum Gasteiger partial charge on any atom is 0.335 e. The van der Waals surface area contributed by atoms with Crippen LogP contribution in [0.25, 0.3) is 33.4 Å². The number of hydrogen-bond acceptors (Lipinski definition) is 3. The van der Waals surface area contributed by atoms with E-state index in [2.05, 4.69) is 0 Å². The van der Waals surface area contributed by atoms with Gasteiger partial charge in [0.25, 0.3) is 0 Å². The van der Waals surface area contributed by atoms with Crippen molar-refractivity contribution in [2.75, 3.05) is 0 Å². The van der Waals surface area contributed by atoms with Crippen LogP contribution in [0, 0.1) is 5.82 Å². The van der Waals surface area contributed by atoms with Crippen molar-refractivity contribution in [1.82, 2.24) is 0 Å². The summed E-state index contributed by atoms with van der Waals surface area (Å²) < 4.78 is 19.0. The monoisotopic (exact) mass is 394 g/mol. The van der Waals surface area contributed by atoms with E-state index in [1.807, 2.05) is 0 Å². The van der Waals surface area contributed by atoms with Crippen LogP contribution in [-0.4, -0.2) is 17.4 Å². The molecule has 28 heavy (non-hydrogen) atoms. The fourth-order valence-corrected chi connectivity index (χ4v) is 3.32. The fourth-order valence-electron chi connectivity index (χ4n) is 3.10. The van der Waals surface area contributed by atoms with E-state index in [4.69, 9.17) is 16.0 Å². The lowest BCUT2D eigenvalue weighted by Crippen LogP contribution is -1.96. The van der Waals surface area contributed by atoms with E-state index in [0.717, 1.165) is 0 Å². The molecule has 0 atom stereocenters. The molecule has 3 aromatic carbocycles. The first kappa shape index (κ1) is 17.9. The Morgan fingerprint density at radius 3 is 2.39 bits per heavy atom. The van der Waals surface area contributed by atoms with Crippen LogP contribution >= 0.6 is 11.6 Å². The number of halogens is 2. The standard InChI is InChI=1S/C22H12ClFO4/c23-19-7-3-14(22(26)27)10-16(19)13-4-8-20-17(9-13)18(11-25)21(28-20)12-1-5-15(24)6-2-12/h1-11H,(H,26,27). The van der Waals surface area contributed by atoms with Gasteiger partial charge in [0, 0.05) is 21.5 Å². The highest BCUT2D eigenvalue weighted by molar-refractivity contribution is 6.33. The second-order valence-electron chi connectivity index (χ2n) is 6.18. The second kappa shape index (κ2) is 6.94. The lowest BCUT2D eigenvalue weighted by atomic mass is 9.99. The Kier molecular flexibility index (Phi) is 4.45. The smallest absolute Gasteiger partial charge is 0.335 e. The Bertz CT molecular complexity index is 1230. The molecule has 0 bridgehead atoms. The van der Waals surface area contributed by atoms with Crippen LogP contribution in [0.15, 0.2) is 65.1 Å². The molecule has 1 N–H and O–H groups in total. The minimum Gasteiger partial charge on any atom is -0.478 e. The van der Waals surface area contributed by atoms with Gasteiger partial charge in [0.2, 0.25) is 0 Å². The third-order valence-electron chi connectivity index (χ3n) is 4.47. The molecule has 0 aliphatic heterocycles. The van der Waals surface area contributed by atoms with E-state index >= 15 is 0 Å². The zero-order valence-electron chi connectivity index (χ0n) is 14.3. The summed E-state index contributed by atoms with van der Waals surface area (Å²) >= 11 is 6.25. The molecule has 0 aliphatic carbocycles. The molecule has 1 aromatic heterocycles. The minimum absolute atomic E-state index is 0.106. The maximum absolute atomic E-state index is 13.2. The van der Waals surface area contributed by atoms with Gasteiger partial charge in [-0.05, 0) is 60.2 Å². The summed E-state index contributed by atoms with van der Waals surface area (Å²) in [6, 6.07) is 15.2. The highest BCUT2D eigenvalue weighted by Crippen LogP contribution is 2.37. The van der Waals surface area contributed by atoms with Crippen LogP contribution in [0.4, 0.5) is 4.39 Å². The van der Waals surface area contributed by atoms with Gasteiger partial charge >= 0.3 is 5.97 Å². The molecule has 4 rings (SSSR count). The van der Waals surface area contributed by atoms with Crippen LogP contribution < -0.4 is 0 Å². The van der Waals surface area contributed by atoms with Crippen molar-refractivity contribution < 1.29 is 23.5 Å². The molecule has 0 unspecified atom stereocenters. The molecule has 0 amide bonds. The number of carboxylic acids is 1. The highest BCUT2D eigenvalue weighted by Gasteiger charge is 2.17. The summed E-state index contributed by atoms with van der Waals surface area (Å²) in [5.74, 6) is -1.11. The number of hydrogen-bond donors (Lipinski definition) is 1. The number of aromatic carboxylic acids is 1. The van der Waals surface area contributed by atoms with E-state index in [1.165, 1.54) is 42.5 Å². The molecule has 0 saturated carbocycles. The minimum atomic E-state index is -1.06. The van der Waals surface area contributed by atoms with Gasteiger partial charge in [-0.3, -0.25) is 4.79 Å². The van der Waals surface area contributed by atoms with E-state index < -0.39 is 5.97 Å². The van der Waals surface area contributed by atoms with E-state index in [0.29, 0.717) is 50.3 Å². The van der Waals surface area contributed by atoms with E-state index in [-0.39, 0.29) is 11.4 Å². The average molecular weight is 395 g/mol. The topological polar surface area (TPSA) is 67.5 Å². The van der Waals surface area contributed by atoms with Crippen molar-refractivity contribution in [1.29, 1.82) is 0 Å². The third kappa shape index (κ3) is 3.06. The van der Waals surface area contributed by atoms with Crippen LogP contribution in [0.1, 0.15) is 20.7 Å². The van der Waals surface area contributed by atoms with E-state index in [1.54, 1.807) is 18.2 Å². The first-order valence-corrected chi connectivity index (χ1v) is 8.66. The van der Waals surface area contributed by atoms with Crippen LogP contribution in [0.2, 0.25) is 5.02 Å². The number of furan rings is 1. The largest absolute Gasteiger partial charge is 0.478 e. The van der Waals surface area contributed by atoms with Gasteiger partial charge in [-0.25, -0.2) is 9.18 Å². The number of fused-ring (bicyclic) bond motifs is 1. The van der Waals surface area contributed by atoms with Crippen molar-refractivity contribution >= 4 is 34.8 Å². The average Bonchev–Trinajstić information content (AvgIpc) is 3.06. The Morgan fingerprint density at radius 2 is 1.71 bits per heavy atom. The molecule has 0 radical (unpaired) electrons. The number of carbonyl (C=O) groups is 2. The molecule has 138 valence electrons. The highest BCUT2D eigenvalue weighted by atomic mass is 35.5. The summed E-state index contributed by atoms with van der Waals surface area (Å²) in [4.78, 5) is 23.0. The van der Waals surface area contributed by atoms with Gasteiger partial charge in [0.15, 0.2) is 6.29 Å². The molecule has 0 fully saturated rings. The molecule has 1 heterocycles. The summed E-state index contributed by atoms with van der Waals surface area (Å²) in [5, 5.41) is 10.2. The number of aldehydes is 1. The molecule has 4 nitrogen and oxygen atoms in total. The predicted octanol–water partition coefficient (Wildman–Crippen LogP) is 6.07. The third-order valence-corrected chi connectivity index (χ3v) is 4.80. The Labute approximate surface area is 163 Å². The Hall–Kier alpha value is -3.44. The number of carbonyl (C=O) groups excluding carboxylic acids is 1. The zero-order chi connectivity index (χ0) is 19.8. The van der Waals surface area contributed by atoms with Gasteiger partial charge in [0.1, 0.15) is 17.2 Å². The molecular weight excluding hydrogens is 383 g/mol. The van der Waals surface area contributed by atoms with Gasteiger partial charge in [0.05, 0.1) is 11.1 Å². The lowest BCUT2D eigenvalue weighted by Gasteiger charge is -2.06. The molecule has 4 aromatic rings. The summed E-state index contributed by atoms with van der Waals surface area (Å²) in [5.41, 5.74) is 2.67. The van der Waals surface area contributed by atoms with Gasteiger partial charge in [-0.15, -0.1) is 0 Å². The Morgan fingerprint density at radius 1 is 1.00 bits per heavy atom. The van der Waals surface area contributed by atoms with Crippen molar-refractivity contribution in [3.05, 3.63) is 82.6 Å². The Balaban J connectivity index is 1.90. The second-order valence-corrected chi connectivity index (χ2v) is 6.59. The molecule has 6 heteroatoms. The summed E-state index contributed by atoms with van der Waals surface area (Å²) in [7, 11) is 0. The predicted molar refractivity (Wildman–Crippen MR) is 104 cm³/mol. The SMILES string of the molecule is O=Cc1c(-c2ccc(F)cc2)oc2ccc(-c3cc(C(=O)O)ccc3Cl)cc12. The molecule has 0 aliphatic rings. The first-order valence-electron chi connectivity index (χ1n) is 8.29. The van der Waals surface area contributed by atoms with Gasteiger partial charge < -0.3 is 9.52 Å². The summed E-state index contributed by atoms with van der Waals surface area (Å²) in [6.07, 6.45) is 0.684. The zero-order valence-corrected chi connectivity index (χ0v) is 15.0. The number of rotatable bonds is 4. The normalized spacial score (nSPS) is 10.9. The quantitative estimate of drug-likeness (QED) is 0.426. The van der Waals surface area contributed by atoms with Crippen molar-refractivity contribution in [3.8, 4) is 22.5 Å². The van der Waals surface area contributed by atoms with Crippen molar-refractivity contribution in [2.45, 2.75) is 0 Å².